The van der Waals surface area contributed by atoms with Crippen molar-refractivity contribution in [1.29, 1.82) is 0 Å². The zero-order valence-corrected chi connectivity index (χ0v) is 34.7. The van der Waals surface area contributed by atoms with E-state index in [0.717, 1.165) is 41.8 Å². The summed E-state index contributed by atoms with van der Waals surface area (Å²) in [6.07, 6.45) is 19.7. The zero-order chi connectivity index (χ0) is 40.7. The van der Waals surface area contributed by atoms with Gasteiger partial charge in [-0.05, 0) is 27.2 Å². The molecule has 15 heteroatoms. The Morgan fingerprint density at radius 1 is 0.558 bits per heavy atom. The van der Waals surface area contributed by atoms with E-state index in [0.29, 0.717) is 13.2 Å². The fraction of sp³-hybridized carbons (Fsp3) is 0.541. The van der Waals surface area contributed by atoms with Crippen molar-refractivity contribution in [3.63, 3.8) is 0 Å². The predicted molar refractivity (Wildman–Crippen MR) is 215 cm³/mol. The topological polar surface area (TPSA) is 190 Å². The van der Waals surface area contributed by atoms with Gasteiger partial charge in [0, 0.05) is 0 Å². The maximum Gasteiger partial charge on any atom is 0.157 e. The van der Waals surface area contributed by atoms with Gasteiger partial charge in [0.15, 0.2) is 28.7 Å². The molecule has 0 aliphatic carbocycles. The van der Waals surface area contributed by atoms with Crippen molar-refractivity contribution in [2.24, 2.45) is 0 Å². The van der Waals surface area contributed by atoms with E-state index in [1.54, 1.807) is 75.2 Å². The molecule has 0 bridgehead atoms. The number of hydrogen-bond acceptors (Lipinski definition) is 10. The molecular formula is C37H72N10O5. The smallest absolute Gasteiger partial charge is 0.157 e. The van der Waals surface area contributed by atoms with Crippen LogP contribution < -0.4 is 23.7 Å². The molecule has 0 saturated heterocycles. The highest BCUT2D eigenvalue weighted by Crippen LogP contribution is 2.07. The van der Waals surface area contributed by atoms with Gasteiger partial charge in [0.05, 0.1) is 88.4 Å². The standard InChI is InChI=1S/2C6H10N2O.C6H8N2O.C5H8N2O.C4H6N2O.5C2H6/c1-5(2)9-6-3-7-8-4-6;2*1-2-3-9-6-4-7-8-5-6;1-2-8-5-3-6-7-4-5;1-7-4-2-5-6-3-4;5*1-2/h3-5H,1-2H3,(H,7,8);4-5H,2-3H2,1H3,(H,7,8);2,4-5H,1,3H2,(H,7,8);3-4H,2H2,1H3,(H,6,7);2-3H,1H3,(H,5,6);5*1-2H3. The Balaban J connectivity index is -0.000000167. The average molecular weight is 737 g/mol. The molecule has 0 radical (unpaired) electrons. The summed E-state index contributed by atoms with van der Waals surface area (Å²) in [6, 6.07) is 0. The summed E-state index contributed by atoms with van der Waals surface area (Å²) in [5, 5.41) is 31.7. The van der Waals surface area contributed by atoms with Gasteiger partial charge < -0.3 is 23.7 Å². The van der Waals surface area contributed by atoms with Crippen molar-refractivity contribution < 1.29 is 23.7 Å². The van der Waals surface area contributed by atoms with Gasteiger partial charge in [0.1, 0.15) is 6.61 Å². The Morgan fingerprint density at radius 2 is 0.904 bits per heavy atom. The van der Waals surface area contributed by atoms with Crippen molar-refractivity contribution in [1.82, 2.24) is 51.0 Å². The average Bonchev–Trinajstić information content (AvgIpc) is 4.07. The molecular weight excluding hydrogens is 664 g/mol. The molecule has 0 saturated carbocycles. The molecule has 0 atom stereocenters. The molecule has 0 unspecified atom stereocenters. The summed E-state index contributed by atoms with van der Waals surface area (Å²) in [6.45, 7) is 33.5. The predicted octanol–water partition coefficient (Wildman–Crippen LogP) is 9.73. The van der Waals surface area contributed by atoms with Gasteiger partial charge in [0.2, 0.25) is 0 Å². The number of ether oxygens (including phenoxy) is 5. The van der Waals surface area contributed by atoms with Crippen molar-refractivity contribution in [2.75, 3.05) is 26.9 Å². The fourth-order valence-electron chi connectivity index (χ4n) is 2.42. The molecule has 5 aromatic rings. The maximum atomic E-state index is 5.26. The molecule has 5 rings (SSSR count). The van der Waals surface area contributed by atoms with Crippen LogP contribution >= 0.6 is 0 Å². The van der Waals surface area contributed by atoms with Crippen LogP contribution in [0.5, 0.6) is 28.7 Å². The van der Waals surface area contributed by atoms with Crippen molar-refractivity contribution >= 4 is 0 Å². The number of aromatic nitrogens is 10. The molecule has 0 spiro atoms. The lowest BCUT2D eigenvalue weighted by atomic mass is 10.5. The lowest BCUT2D eigenvalue weighted by molar-refractivity contribution is 0.242. The van der Waals surface area contributed by atoms with E-state index in [1.807, 2.05) is 90.0 Å². The monoisotopic (exact) mass is 737 g/mol. The molecule has 0 aliphatic heterocycles. The number of H-pyrrole nitrogens is 5. The lowest BCUT2D eigenvalue weighted by Crippen LogP contribution is -2.04. The second kappa shape index (κ2) is 50.2. The second-order valence-electron chi connectivity index (χ2n) is 7.92. The van der Waals surface area contributed by atoms with Crippen molar-refractivity contribution in [3.05, 3.63) is 74.6 Å². The van der Waals surface area contributed by atoms with Gasteiger partial charge in [-0.1, -0.05) is 88.8 Å². The van der Waals surface area contributed by atoms with Crippen LogP contribution in [-0.4, -0.2) is 84.0 Å². The number of nitrogens with one attached hydrogen (secondary N) is 5. The van der Waals surface area contributed by atoms with Crippen LogP contribution in [0.2, 0.25) is 0 Å². The highest BCUT2D eigenvalue weighted by atomic mass is 16.5. The normalized spacial score (nSPS) is 8.08. The Labute approximate surface area is 314 Å². The number of methoxy groups -OCH3 is 1. The first-order chi connectivity index (χ1) is 25.5. The van der Waals surface area contributed by atoms with Crippen LogP contribution in [0.3, 0.4) is 0 Å². The number of rotatable bonds is 11. The molecule has 5 heterocycles. The first-order valence-corrected chi connectivity index (χ1v) is 18.2. The first kappa shape index (κ1) is 56.2. The Kier molecular flexibility index (Phi) is 54.2. The van der Waals surface area contributed by atoms with Crippen LogP contribution in [0.25, 0.3) is 0 Å². The highest BCUT2D eigenvalue weighted by molar-refractivity contribution is 5.12. The van der Waals surface area contributed by atoms with E-state index < -0.39 is 0 Å². The lowest BCUT2D eigenvalue weighted by Gasteiger charge is -2.04. The van der Waals surface area contributed by atoms with Crippen LogP contribution in [0.1, 0.15) is 103 Å². The van der Waals surface area contributed by atoms with Gasteiger partial charge in [-0.3, -0.25) is 25.5 Å². The van der Waals surface area contributed by atoms with Crippen molar-refractivity contribution in [3.8, 4) is 28.7 Å². The summed E-state index contributed by atoms with van der Waals surface area (Å²) in [5.74, 6) is 3.92. The van der Waals surface area contributed by atoms with E-state index in [4.69, 9.17) is 23.7 Å². The van der Waals surface area contributed by atoms with Crippen LogP contribution in [0, 0.1) is 0 Å². The minimum Gasteiger partial charge on any atom is -0.493 e. The summed E-state index contributed by atoms with van der Waals surface area (Å²) in [5.41, 5.74) is 0. The van der Waals surface area contributed by atoms with Gasteiger partial charge in [0.25, 0.3) is 0 Å². The zero-order valence-electron chi connectivity index (χ0n) is 34.7. The number of aromatic amines is 5. The first-order valence-electron chi connectivity index (χ1n) is 18.2. The van der Waals surface area contributed by atoms with Crippen LogP contribution in [-0.2, 0) is 0 Å². The fourth-order valence-corrected chi connectivity index (χ4v) is 2.42. The van der Waals surface area contributed by atoms with E-state index in [-0.39, 0.29) is 6.10 Å². The second-order valence-corrected chi connectivity index (χ2v) is 7.92. The summed E-state index contributed by atoms with van der Waals surface area (Å²) in [4.78, 5) is 0. The van der Waals surface area contributed by atoms with Gasteiger partial charge in [-0.2, -0.15) is 25.5 Å². The molecule has 15 nitrogen and oxygen atoms in total. The maximum absolute atomic E-state index is 5.26. The van der Waals surface area contributed by atoms with Crippen LogP contribution in [0.4, 0.5) is 0 Å². The third-order valence-electron chi connectivity index (χ3n) is 4.12. The molecule has 52 heavy (non-hydrogen) atoms. The minimum atomic E-state index is 0.225. The molecule has 300 valence electrons. The quantitative estimate of drug-likeness (QED) is 0.0816. The Hall–Kier alpha value is -5.21. The number of hydrogen-bond donors (Lipinski definition) is 5. The van der Waals surface area contributed by atoms with E-state index in [2.05, 4.69) is 64.5 Å². The minimum absolute atomic E-state index is 0.225. The van der Waals surface area contributed by atoms with Gasteiger partial charge in [-0.15, -0.1) is 0 Å². The number of nitrogens with zero attached hydrogens (tertiary/aromatic N) is 5. The van der Waals surface area contributed by atoms with Gasteiger partial charge >= 0.3 is 0 Å². The SMILES string of the molecule is C=CCOc1cn[nH]c1.CC.CC.CC.CC.CC.CC(C)Oc1cn[nH]c1.CCCOc1cn[nH]c1.CCOc1cn[nH]c1.COc1cn[nH]c1. The molecule has 0 amide bonds. The Morgan fingerprint density at radius 3 is 1.17 bits per heavy atom. The summed E-state index contributed by atoms with van der Waals surface area (Å²) >= 11 is 0. The molecule has 0 fully saturated rings. The molecule has 0 aliphatic rings. The highest BCUT2D eigenvalue weighted by Gasteiger charge is 1.95. The summed E-state index contributed by atoms with van der Waals surface area (Å²) < 4.78 is 25.4. The van der Waals surface area contributed by atoms with E-state index in [1.165, 1.54) is 0 Å². The van der Waals surface area contributed by atoms with E-state index in [9.17, 15) is 0 Å². The van der Waals surface area contributed by atoms with Crippen molar-refractivity contribution in [2.45, 2.75) is 109 Å². The van der Waals surface area contributed by atoms with Gasteiger partial charge in [-0.25, -0.2) is 0 Å². The largest absolute Gasteiger partial charge is 0.493 e. The Bertz CT molecular complexity index is 1180. The molecule has 5 N–H and O–H groups in total. The molecule has 5 aromatic heterocycles. The van der Waals surface area contributed by atoms with Crippen LogP contribution in [0.15, 0.2) is 74.6 Å². The summed E-state index contributed by atoms with van der Waals surface area (Å²) in [7, 11) is 1.60. The van der Waals surface area contributed by atoms with E-state index >= 15 is 0 Å². The third kappa shape index (κ3) is 39.2. The third-order valence-corrected chi connectivity index (χ3v) is 4.12. The molecule has 0 aromatic carbocycles.